The Hall–Kier alpha value is -4.48. The van der Waals surface area contributed by atoms with Crippen LogP contribution in [0.15, 0.2) is 48.5 Å². The van der Waals surface area contributed by atoms with E-state index >= 15 is 0 Å². The van der Waals surface area contributed by atoms with Crippen LogP contribution in [0.4, 0.5) is 5.69 Å². The van der Waals surface area contributed by atoms with Crippen LogP contribution in [0.25, 0.3) is 0 Å². The van der Waals surface area contributed by atoms with Crippen LogP contribution in [-0.4, -0.2) is 69.9 Å². The van der Waals surface area contributed by atoms with Gasteiger partial charge in [-0.05, 0) is 36.1 Å². The maximum atomic E-state index is 13.8. The van der Waals surface area contributed by atoms with Crippen molar-refractivity contribution in [2.24, 2.45) is 5.92 Å². The zero-order valence-electron chi connectivity index (χ0n) is 22.9. The van der Waals surface area contributed by atoms with Crippen LogP contribution in [-0.2, 0) is 14.4 Å². The Morgan fingerprint density at radius 1 is 1.07 bits per heavy atom. The highest BCUT2D eigenvalue weighted by Gasteiger charge is 2.43. The molecule has 2 aromatic carbocycles. The van der Waals surface area contributed by atoms with Gasteiger partial charge in [0, 0.05) is 37.2 Å². The van der Waals surface area contributed by atoms with Crippen LogP contribution in [0.3, 0.4) is 0 Å². The Balaban J connectivity index is 1.62. The van der Waals surface area contributed by atoms with Crippen LogP contribution < -0.4 is 10.1 Å². The van der Waals surface area contributed by atoms with Gasteiger partial charge in [0.25, 0.3) is 17.5 Å². The molecule has 3 amide bonds. The number of carboxylic acids is 1. The molecule has 0 radical (unpaired) electrons. The number of methoxy groups -OCH3 is 1. The molecule has 2 aliphatic rings. The van der Waals surface area contributed by atoms with Crippen molar-refractivity contribution in [2.45, 2.75) is 57.2 Å². The molecular formula is C29H34N4O8. The number of carboxylic acid groups (broad SMARTS) is 1. The fraction of sp³-hybridized carbons (Fsp3) is 0.448. The average molecular weight is 567 g/mol. The lowest BCUT2D eigenvalue weighted by molar-refractivity contribution is -0.384. The Kier molecular flexibility index (Phi) is 9.53. The molecule has 1 saturated carbocycles. The topological polar surface area (TPSA) is 159 Å². The molecule has 2 fully saturated rings. The van der Waals surface area contributed by atoms with Crippen molar-refractivity contribution in [3.8, 4) is 5.75 Å². The van der Waals surface area contributed by atoms with Crippen molar-refractivity contribution < 1.29 is 33.9 Å². The zero-order chi connectivity index (χ0) is 29.5. The highest BCUT2D eigenvalue weighted by atomic mass is 16.6. The number of hydrogen-bond acceptors (Lipinski definition) is 7. The van der Waals surface area contributed by atoms with Crippen LogP contribution >= 0.6 is 0 Å². The van der Waals surface area contributed by atoms with E-state index in [4.69, 9.17) is 4.74 Å². The number of amides is 3. The number of nitrogens with zero attached hydrogens (tertiary/aromatic N) is 3. The lowest BCUT2D eigenvalue weighted by Gasteiger charge is -2.31. The van der Waals surface area contributed by atoms with Crippen LogP contribution in [0.5, 0.6) is 5.75 Å². The largest absolute Gasteiger partial charge is 0.497 e. The van der Waals surface area contributed by atoms with Gasteiger partial charge in [0.1, 0.15) is 5.75 Å². The van der Waals surface area contributed by atoms with Crippen molar-refractivity contribution in [1.82, 2.24) is 15.1 Å². The second-order valence-corrected chi connectivity index (χ2v) is 10.4. The van der Waals surface area contributed by atoms with E-state index in [0.717, 1.165) is 25.7 Å². The summed E-state index contributed by atoms with van der Waals surface area (Å²) < 4.78 is 5.23. The van der Waals surface area contributed by atoms with Gasteiger partial charge in [-0.2, -0.15) is 0 Å². The van der Waals surface area contributed by atoms with E-state index in [0.29, 0.717) is 18.1 Å². The maximum absolute atomic E-state index is 13.8. The molecule has 0 bridgehead atoms. The molecular weight excluding hydrogens is 532 g/mol. The molecule has 12 nitrogen and oxygen atoms in total. The third-order valence-corrected chi connectivity index (χ3v) is 7.72. The predicted molar refractivity (Wildman–Crippen MR) is 147 cm³/mol. The fourth-order valence-corrected chi connectivity index (χ4v) is 5.61. The number of nitro benzene ring substituents is 1. The highest BCUT2D eigenvalue weighted by Crippen LogP contribution is 2.30. The Labute approximate surface area is 237 Å². The third-order valence-electron chi connectivity index (χ3n) is 7.72. The van der Waals surface area contributed by atoms with Crippen LogP contribution in [0.1, 0.15) is 66.9 Å². The number of aliphatic carboxylic acids is 1. The fourth-order valence-electron chi connectivity index (χ4n) is 5.61. The van der Waals surface area contributed by atoms with Gasteiger partial charge in [-0.25, -0.2) is 0 Å². The quantitative estimate of drug-likeness (QED) is 0.309. The summed E-state index contributed by atoms with van der Waals surface area (Å²) in [7, 11) is 1.47. The van der Waals surface area contributed by atoms with Crippen LogP contribution in [0.2, 0.25) is 0 Å². The smallest absolute Gasteiger partial charge is 0.305 e. The summed E-state index contributed by atoms with van der Waals surface area (Å²) in [6.07, 6.45) is 3.47. The number of carbonyl (C=O) groups is 4. The first-order valence-electron chi connectivity index (χ1n) is 13.7. The normalized spacial score (nSPS) is 17.7. The summed E-state index contributed by atoms with van der Waals surface area (Å²) in [4.78, 5) is 65.9. The standard InChI is InChI=1S/C29H34N4O8/c1-41-23-11-5-9-21(17-23)29(38)32-15-14-31(25(34)13-12-19-6-2-3-7-19)28(32)27(37)30-24(18-26(35)36)20-8-4-10-22(16-20)33(39)40/h4-5,8-11,16-17,19,24,28H,2-3,6-7,12-15,18H2,1H3,(H,30,37)(H,35,36). The highest BCUT2D eigenvalue weighted by molar-refractivity contribution is 5.99. The van der Waals surface area contributed by atoms with Gasteiger partial charge in [-0.3, -0.25) is 29.3 Å². The minimum atomic E-state index is -1.32. The van der Waals surface area contributed by atoms with E-state index in [1.165, 1.54) is 47.2 Å². The van der Waals surface area contributed by atoms with Gasteiger partial charge in [-0.15, -0.1) is 0 Å². The molecule has 1 aliphatic heterocycles. The summed E-state index contributed by atoms with van der Waals surface area (Å²) in [5.41, 5.74) is 0.229. The van der Waals surface area contributed by atoms with E-state index < -0.39 is 41.3 Å². The Morgan fingerprint density at radius 3 is 2.46 bits per heavy atom. The summed E-state index contributed by atoms with van der Waals surface area (Å²) >= 11 is 0. The van der Waals surface area contributed by atoms with Crippen molar-refractivity contribution >= 4 is 29.4 Å². The Morgan fingerprint density at radius 2 is 1.78 bits per heavy atom. The monoisotopic (exact) mass is 566 g/mol. The van der Waals surface area contributed by atoms with Crippen LogP contribution in [0, 0.1) is 16.0 Å². The van der Waals surface area contributed by atoms with E-state index in [9.17, 15) is 34.4 Å². The maximum Gasteiger partial charge on any atom is 0.305 e. The molecule has 1 heterocycles. The molecule has 218 valence electrons. The summed E-state index contributed by atoms with van der Waals surface area (Å²) in [5, 5.41) is 23.5. The molecule has 2 atom stereocenters. The van der Waals surface area contributed by atoms with Gasteiger partial charge in [-0.1, -0.05) is 43.9 Å². The van der Waals surface area contributed by atoms with Gasteiger partial charge in [0.05, 0.1) is 24.5 Å². The van der Waals surface area contributed by atoms with E-state index in [2.05, 4.69) is 5.32 Å². The second kappa shape index (κ2) is 13.2. The predicted octanol–water partition coefficient (Wildman–Crippen LogP) is 3.52. The summed E-state index contributed by atoms with van der Waals surface area (Å²) in [6.45, 7) is 0.238. The molecule has 1 saturated heterocycles. The lowest BCUT2D eigenvalue weighted by atomic mass is 10.0. The van der Waals surface area contributed by atoms with E-state index in [1.54, 1.807) is 18.2 Å². The van der Waals surface area contributed by atoms with Crippen molar-refractivity contribution in [3.05, 3.63) is 69.8 Å². The Bertz CT molecular complexity index is 1310. The number of hydrogen-bond donors (Lipinski definition) is 2. The lowest BCUT2D eigenvalue weighted by Crippen LogP contribution is -2.54. The number of nitro groups is 1. The molecule has 2 aromatic rings. The van der Waals surface area contributed by atoms with Gasteiger partial charge < -0.3 is 25.0 Å². The average Bonchev–Trinajstić information content (AvgIpc) is 3.65. The first-order chi connectivity index (χ1) is 19.7. The van der Waals surface area contributed by atoms with Gasteiger partial charge in [0.15, 0.2) is 6.17 Å². The third kappa shape index (κ3) is 7.19. The molecule has 4 rings (SSSR count). The first-order valence-corrected chi connectivity index (χ1v) is 13.7. The molecule has 2 unspecified atom stereocenters. The molecule has 1 aliphatic carbocycles. The zero-order valence-corrected chi connectivity index (χ0v) is 22.9. The number of non-ortho nitro benzene ring substituents is 1. The molecule has 12 heteroatoms. The van der Waals surface area contributed by atoms with E-state index in [-0.39, 0.29) is 42.2 Å². The van der Waals surface area contributed by atoms with Crippen molar-refractivity contribution in [1.29, 1.82) is 0 Å². The summed E-state index contributed by atoms with van der Waals surface area (Å²) in [5.74, 6) is -1.82. The molecule has 0 aromatic heterocycles. The number of nitrogens with one attached hydrogen (secondary N) is 1. The minimum Gasteiger partial charge on any atom is -0.497 e. The summed E-state index contributed by atoms with van der Waals surface area (Å²) in [6, 6.07) is 10.7. The van der Waals surface area contributed by atoms with E-state index in [1.807, 2.05) is 0 Å². The number of carbonyl (C=O) groups excluding carboxylic acids is 3. The first kappa shape index (κ1) is 29.5. The van der Waals surface area contributed by atoms with Crippen molar-refractivity contribution in [2.75, 3.05) is 20.2 Å². The number of rotatable bonds is 11. The van der Waals surface area contributed by atoms with Gasteiger partial charge in [0.2, 0.25) is 5.91 Å². The number of ether oxygens (including phenoxy) is 1. The number of benzene rings is 2. The second-order valence-electron chi connectivity index (χ2n) is 10.4. The minimum absolute atomic E-state index is 0.101. The van der Waals surface area contributed by atoms with Gasteiger partial charge >= 0.3 is 5.97 Å². The molecule has 2 N–H and O–H groups in total. The van der Waals surface area contributed by atoms with Crippen molar-refractivity contribution in [3.63, 3.8) is 0 Å². The molecule has 41 heavy (non-hydrogen) atoms. The SMILES string of the molecule is COc1cccc(C(=O)N2CCN(C(=O)CCC3CCCC3)C2C(=O)NC(CC(=O)O)c2cccc([N+](=O)[O-])c2)c1. The molecule has 0 spiro atoms.